The average molecular weight is 638 g/mol. The van der Waals surface area contributed by atoms with Crippen LogP contribution in [0, 0.1) is 5.82 Å². The molecular weight excluding hydrogens is 617 g/mol. The molecule has 0 aliphatic heterocycles. The van der Waals surface area contributed by atoms with Crippen LogP contribution in [0.1, 0.15) is 36.7 Å². The van der Waals surface area contributed by atoms with Crippen molar-refractivity contribution in [3.05, 3.63) is 95.6 Å². The van der Waals surface area contributed by atoms with Crippen molar-refractivity contribution in [3.8, 4) is 11.5 Å². The molecule has 36 heavy (non-hydrogen) atoms. The predicted molar refractivity (Wildman–Crippen MR) is 147 cm³/mol. The van der Waals surface area contributed by atoms with Gasteiger partial charge in [-0.3, -0.25) is 4.79 Å². The summed E-state index contributed by atoms with van der Waals surface area (Å²) in [4.78, 5) is 17.9. The molecule has 3 aromatic carbocycles. The molecule has 0 saturated carbocycles. The molecule has 0 N–H and O–H groups in total. The lowest BCUT2D eigenvalue weighted by Crippen LogP contribution is -2.23. The minimum absolute atomic E-state index is 0.0494. The van der Waals surface area contributed by atoms with Gasteiger partial charge >= 0.3 is 0 Å². The van der Waals surface area contributed by atoms with Gasteiger partial charge in [-0.2, -0.15) is 9.78 Å². The lowest BCUT2D eigenvalue weighted by atomic mass is 10.2. The molecule has 0 unspecified atom stereocenters. The number of nitrogens with zero attached hydrogens (tertiary/aromatic N) is 3. The van der Waals surface area contributed by atoms with Gasteiger partial charge in [0.2, 0.25) is 0 Å². The van der Waals surface area contributed by atoms with Gasteiger partial charge in [0.25, 0.3) is 5.56 Å². The molecule has 4 rings (SSSR count). The molecular formula is C26H21Br2ClFN3O3. The van der Waals surface area contributed by atoms with Gasteiger partial charge in [-0.15, -0.1) is 0 Å². The second-order valence-corrected chi connectivity index (χ2v) is 10.3. The van der Waals surface area contributed by atoms with Gasteiger partial charge in [0.05, 0.1) is 24.2 Å². The highest BCUT2D eigenvalue weighted by molar-refractivity contribution is 9.10. The summed E-state index contributed by atoms with van der Waals surface area (Å²) in [5.41, 5.74) is 1.66. The Morgan fingerprint density at radius 1 is 1.17 bits per heavy atom. The van der Waals surface area contributed by atoms with E-state index in [1.54, 1.807) is 30.3 Å². The molecule has 0 radical (unpaired) electrons. The Balaban J connectivity index is 1.73. The zero-order valence-electron chi connectivity index (χ0n) is 19.6. The lowest BCUT2D eigenvalue weighted by molar-refractivity contribution is 0.284. The van der Waals surface area contributed by atoms with Crippen molar-refractivity contribution in [2.75, 3.05) is 7.11 Å². The zero-order chi connectivity index (χ0) is 26.0. The average Bonchev–Trinajstić information content (AvgIpc) is 2.86. The molecule has 0 saturated heterocycles. The van der Waals surface area contributed by atoms with Crippen molar-refractivity contribution in [1.29, 1.82) is 0 Å². The van der Waals surface area contributed by atoms with Crippen LogP contribution in [0.4, 0.5) is 4.39 Å². The van der Waals surface area contributed by atoms with Crippen molar-refractivity contribution in [1.82, 2.24) is 9.66 Å². The SMILES string of the molecule is COc1cc(C=Nn2c(C(C)C)nc3ccc(Br)cc3c2=O)c(Br)c(Cl)c1OCc1ccc(F)cc1. The van der Waals surface area contributed by atoms with E-state index in [9.17, 15) is 9.18 Å². The van der Waals surface area contributed by atoms with Crippen LogP contribution in [0.5, 0.6) is 11.5 Å². The van der Waals surface area contributed by atoms with E-state index in [0.29, 0.717) is 38.3 Å². The first-order chi connectivity index (χ1) is 17.2. The normalized spacial score (nSPS) is 11.6. The summed E-state index contributed by atoms with van der Waals surface area (Å²) in [6.45, 7) is 4.06. The van der Waals surface area contributed by atoms with Crippen LogP contribution in [-0.2, 0) is 6.61 Å². The number of methoxy groups -OCH3 is 1. The molecule has 10 heteroatoms. The monoisotopic (exact) mass is 635 g/mol. The fourth-order valence-corrected chi connectivity index (χ4v) is 4.51. The molecule has 0 fully saturated rings. The van der Waals surface area contributed by atoms with Crippen molar-refractivity contribution in [2.24, 2.45) is 5.10 Å². The second kappa shape index (κ2) is 11.1. The highest BCUT2D eigenvalue weighted by Gasteiger charge is 2.18. The summed E-state index contributed by atoms with van der Waals surface area (Å²) in [6, 6.07) is 13.1. The Labute approximate surface area is 229 Å². The van der Waals surface area contributed by atoms with Crippen molar-refractivity contribution in [3.63, 3.8) is 0 Å². The number of ether oxygens (including phenoxy) is 2. The van der Waals surface area contributed by atoms with Crippen LogP contribution in [0.2, 0.25) is 5.02 Å². The van der Waals surface area contributed by atoms with Crippen LogP contribution in [-0.4, -0.2) is 23.0 Å². The zero-order valence-corrected chi connectivity index (χ0v) is 23.5. The van der Waals surface area contributed by atoms with E-state index < -0.39 is 0 Å². The number of benzene rings is 3. The van der Waals surface area contributed by atoms with Crippen LogP contribution in [0.25, 0.3) is 10.9 Å². The van der Waals surface area contributed by atoms with E-state index in [0.717, 1.165) is 10.0 Å². The Hall–Kier alpha value is -2.75. The largest absolute Gasteiger partial charge is 0.493 e. The van der Waals surface area contributed by atoms with Crippen LogP contribution in [0.15, 0.2) is 67.4 Å². The molecule has 4 aromatic rings. The maximum absolute atomic E-state index is 13.3. The van der Waals surface area contributed by atoms with E-state index in [1.165, 1.54) is 30.1 Å². The first-order valence-electron chi connectivity index (χ1n) is 10.9. The summed E-state index contributed by atoms with van der Waals surface area (Å²) in [7, 11) is 1.50. The Kier molecular flexibility index (Phi) is 8.12. The number of hydrogen-bond donors (Lipinski definition) is 0. The van der Waals surface area contributed by atoms with E-state index in [1.807, 2.05) is 19.9 Å². The van der Waals surface area contributed by atoms with Gasteiger partial charge < -0.3 is 9.47 Å². The highest BCUT2D eigenvalue weighted by Crippen LogP contribution is 2.42. The first-order valence-corrected chi connectivity index (χ1v) is 12.9. The topological polar surface area (TPSA) is 65.7 Å². The first kappa shape index (κ1) is 26.3. The van der Waals surface area contributed by atoms with Crippen LogP contribution >= 0.6 is 43.5 Å². The highest BCUT2D eigenvalue weighted by atomic mass is 79.9. The Morgan fingerprint density at radius 2 is 1.89 bits per heavy atom. The molecule has 0 amide bonds. The maximum Gasteiger partial charge on any atom is 0.282 e. The molecule has 0 aliphatic rings. The molecule has 0 atom stereocenters. The molecule has 186 valence electrons. The fraction of sp³-hybridized carbons (Fsp3) is 0.192. The van der Waals surface area contributed by atoms with E-state index in [4.69, 9.17) is 21.1 Å². The quantitative estimate of drug-likeness (QED) is 0.200. The maximum atomic E-state index is 13.3. The summed E-state index contributed by atoms with van der Waals surface area (Å²) >= 11 is 13.5. The molecule has 1 heterocycles. The molecule has 1 aromatic heterocycles. The van der Waals surface area contributed by atoms with Gasteiger partial charge in [0.15, 0.2) is 11.5 Å². The lowest BCUT2D eigenvalue weighted by Gasteiger charge is -2.15. The third-order valence-corrected chi connectivity index (χ3v) is 7.27. The smallest absolute Gasteiger partial charge is 0.282 e. The molecule has 0 bridgehead atoms. The van der Waals surface area contributed by atoms with E-state index in [2.05, 4.69) is 41.9 Å². The third kappa shape index (κ3) is 5.48. The fourth-order valence-electron chi connectivity index (χ4n) is 3.49. The standard InChI is InChI=1S/C26H21Br2ClFN3O3/c1-14(2)25-32-20-9-6-17(27)11-19(20)26(34)33(25)31-12-16-10-21(35-3)24(23(29)22(16)28)36-13-15-4-7-18(30)8-5-15/h4-12,14H,13H2,1-3H3. The molecule has 0 spiro atoms. The second-order valence-electron chi connectivity index (χ2n) is 8.19. The number of hydrogen-bond acceptors (Lipinski definition) is 5. The summed E-state index contributed by atoms with van der Waals surface area (Å²) in [5, 5.41) is 5.19. The van der Waals surface area contributed by atoms with E-state index >= 15 is 0 Å². The molecule has 6 nitrogen and oxygen atoms in total. The van der Waals surface area contributed by atoms with Crippen LogP contribution in [0.3, 0.4) is 0 Å². The van der Waals surface area contributed by atoms with Crippen molar-refractivity contribution < 1.29 is 13.9 Å². The minimum Gasteiger partial charge on any atom is -0.493 e. The summed E-state index contributed by atoms with van der Waals surface area (Å²) in [6.07, 6.45) is 1.51. The third-order valence-electron chi connectivity index (χ3n) is 5.33. The van der Waals surface area contributed by atoms with Crippen molar-refractivity contribution >= 4 is 60.6 Å². The number of fused-ring (bicyclic) bond motifs is 1. The van der Waals surface area contributed by atoms with Gasteiger partial charge in [-0.05, 0) is 57.9 Å². The number of rotatable bonds is 7. The van der Waals surface area contributed by atoms with Gasteiger partial charge in [0, 0.05) is 20.4 Å². The van der Waals surface area contributed by atoms with E-state index in [-0.39, 0.29) is 28.9 Å². The van der Waals surface area contributed by atoms with Gasteiger partial charge in [0.1, 0.15) is 23.3 Å². The predicted octanol–water partition coefficient (Wildman–Crippen LogP) is 7.31. The minimum atomic E-state index is -0.324. The number of aromatic nitrogens is 2. The molecule has 0 aliphatic carbocycles. The summed E-state index contributed by atoms with van der Waals surface area (Å²) in [5.74, 6) is 0.856. The van der Waals surface area contributed by atoms with Crippen LogP contribution < -0.4 is 15.0 Å². The summed E-state index contributed by atoms with van der Waals surface area (Å²) < 4.78 is 27.2. The van der Waals surface area contributed by atoms with Gasteiger partial charge in [-0.1, -0.05) is 53.5 Å². The number of halogens is 4. The van der Waals surface area contributed by atoms with Gasteiger partial charge in [-0.25, -0.2) is 9.37 Å². The van der Waals surface area contributed by atoms with Crippen molar-refractivity contribution in [2.45, 2.75) is 26.4 Å². The Bertz CT molecular complexity index is 1520. The Morgan fingerprint density at radius 3 is 2.56 bits per heavy atom.